The van der Waals surface area contributed by atoms with Crippen molar-refractivity contribution in [2.75, 3.05) is 0 Å². The molecule has 246 valence electrons. The van der Waals surface area contributed by atoms with Crippen LogP contribution in [0.4, 0.5) is 0 Å². The summed E-state index contributed by atoms with van der Waals surface area (Å²) >= 11 is 0. The molecule has 0 bridgehead atoms. The summed E-state index contributed by atoms with van der Waals surface area (Å²) in [4.78, 5) is 15.4. The van der Waals surface area contributed by atoms with Crippen molar-refractivity contribution < 1.29 is 4.42 Å². The van der Waals surface area contributed by atoms with E-state index in [0.29, 0.717) is 5.82 Å². The predicted molar refractivity (Wildman–Crippen MR) is 219 cm³/mol. The Labute approximate surface area is 304 Å². The number of hydrogen-bond donors (Lipinski definition) is 0. The van der Waals surface area contributed by atoms with E-state index in [2.05, 4.69) is 152 Å². The number of pyridine rings is 1. The van der Waals surface area contributed by atoms with Gasteiger partial charge in [-0.15, -0.1) is 0 Å². The van der Waals surface area contributed by atoms with E-state index >= 15 is 0 Å². The van der Waals surface area contributed by atoms with Crippen molar-refractivity contribution in [3.05, 3.63) is 176 Å². The second-order valence-corrected chi connectivity index (χ2v) is 13.6. The number of hydrogen-bond acceptors (Lipinski definition) is 4. The first-order chi connectivity index (χ1) is 26.2. The van der Waals surface area contributed by atoms with E-state index in [1.54, 1.807) is 0 Å². The fraction of sp³-hybridized carbons (Fsp3) is 0. The molecule has 53 heavy (non-hydrogen) atoms. The number of rotatable bonds is 4. The molecule has 3 aromatic heterocycles. The molecule has 0 amide bonds. The van der Waals surface area contributed by atoms with Crippen LogP contribution in [0.1, 0.15) is 0 Å². The molecule has 0 saturated carbocycles. The van der Waals surface area contributed by atoms with Crippen LogP contribution in [-0.4, -0.2) is 15.0 Å². The summed E-state index contributed by atoms with van der Waals surface area (Å²) in [6, 6.07) is 61.4. The summed E-state index contributed by atoms with van der Waals surface area (Å²) in [5.74, 6) is 0.705. The summed E-state index contributed by atoms with van der Waals surface area (Å²) in [6.45, 7) is 0. The van der Waals surface area contributed by atoms with Gasteiger partial charge in [0, 0.05) is 49.0 Å². The average Bonchev–Trinajstić information content (AvgIpc) is 3.62. The molecule has 4 heteroatoms. The zero-order chi connectivity index (χ0) is 34.9. The quantitative estimate of drug-likeness (QED) is 0.174. The van der Waals surface area contributed by atoms with Gasteiger partial charge in [0.25, 0.3) is 0 Å². The minimum absolute atomic E-state index is 0.705. The molecule has 0 aliphatic carbocycles. The van der Waals surface area contributed by atoms with E-state index in [-0.39, 0.29) is 0 Å². The molecule has 4 nitrogen and oxygen atoms in total. The molecule has 11 rings (SSSR count). The zero-order valence-corrected chi connectivity index (χ0v) is 28.5. The van der Waals surface area contributed by atoms with Gasteiger partial charge in [0.15, 0.2) is 5.82 Å². The number of nitrogens with zero attached hydrogens (tertiary/aromatic N) is 3. The standard InChI is InChI=1S/C49H29N3O/c1-2-11-33-29-36(25-22-30(33)10-1)46-40-16-4-7-18-43(40)51-49(52-46)32-23-20-31(21-24-32)34-12-9-13-35(28-34)47-41-27-26-38-37-14-5-8-19-44(37)53-48(38)45(41)39-15-3-6-17-42(39)50-47/h1-29H. The topological polar surface area (TPSA) is 51.8 Å². The first-order valence-corrected chi connectivity index (χ1v) is 17.9. The molecule has 0 unspecified atom stereocenters. The van der Waals surface area contributed by atoms with Gasteiger partial charge >= 0.3 is 0 Å². The van der Waals surface area contributed by atoms with Crippen LogP contribution in [0.3, 0.4) is 0 Å². The molecule has 0 aliphatic heterocycles. The van der Waals surface area contributed by atoms with Crippen molar-refractivity contribution in [2.45, 2.75) is 0 Å². The molecule has 11 aromatic rings. The summed E-state index contributed by atoms with van der Waals surface area (Å²) in [6.07, 6.45) is 0. The Kier molecular flexibility index (Phi) is 6.52. The lowest BCUT2D eigenvalue weighted by Crippen LogP contribution is -1.95. The Hall–Kier alpha value is -7.17. The summed E-state index contributed by atoms with van der Waals surface area (Å²) in [5.41, 5.74) is 10.8. The predicted octanol–water partition coefficient (Wildman–Crippen LogP) is 13.1. The van der Waals surface area contributed by atoms with Gasteiger partial charge in [-0.2, -0.15) is 0 Å². The number of para-hydroxylation sites is 3. The smallest absolute Gasteiger partial charge is 0.160 e. The van der Waals surface area contributed by atoms with E-state index in [9.17, 15) is 0 Å². The number of fused-ring (bicyclic) bond motifs is 9. The molecule has 0 atom stereocenters. The molecular formula is C49H29N3O. The third-order valence-corrected chi connectivity index (χ3v) is 10.4. The second kappa shape index (κ2) is 11.7. The van der Waals surface area contributed by atoms with Crippen LogP contribution in [0, 0.1) is 0 Å². The molecule has 3 heterocycles. The minimum atomic E-state index is 0.705. The van der Waals surface area contributed by atoms with Crippen molar-refractivity contribution in [1.29, 1.82) is 0 Å². The van der Waals surface area contributed by atoms with Crippen LogP contribution in [0.5, 0.6) is 0 Å². The average molecular weight is 676 g/mol. The van der Waals surface area contributed by atoms with Crippen molar-refractivity contribution in [1.82, 2.24) is 15.0 Å². The van der Waals surface area contributed by atoms with Crippen LogP contribution in [-0.2, 0) is 0 Å². The van der Waals surface area contributed by atoms with Crippen molar-refractivity contribution in [2.24, 2.45) is 0 Å². The van der Waals surface area contributed by atoms with Crippen LogP contribution in [0.15, 0.2) is 180 Å². The summed E-state index contributed by atoms with van der Waals surface area (Å²) in [5, 5.41) is 8.92. The Morgan fingerprint density at radius 3 is 1.83 bits per heavy atom. The van der Waals surface area contributed by atoms with E-state index in [1.807, 2.05) is 24.3 Å². The summed E-state index contributed by atoms with van der Waals surface area (Å²) in [7, 11) is 0. The Morgan fingerprint density at radius 2 is 0.962 bits per heavy atom. The monoisotopic (exact) mass is 675 g/mol. The first-order valence-electron chi connectivity index (χ1n) is 17.9. The lowest BCUT2D eigenvalue weighted by Gasteiger charge is -2.12. The fourth-order valence-electron chi connectivity index (χ4n) is 7.86. The maximum absolute atomic E-state index is 6.54. The van der Waals surface area contributed by atoms with Gasteiger partial charge in [-0.25, -0.2) is 15.0 Å². The second-order valence-electron chi connectivity index (χ2n) is 13.6. The maximum atomic E-state index is 6.54. The van der Waals surface area contributed by atoms with Gasteiger partial charge in [-0.3, -0.25) is 0 Å². The van der Waals surface area contributed by atoms with Crippen LogP contribution < -0.4 is 0 Å². The molecule has 0 spiro atoms. The molecule has 0 N–H and O–H groups in total. The van der Waals surface area contributed by atoms with E-state index in [1.165, 1.54) is 10.8 Å². The molecular weight excluding hydrogens is 647 g/mol. The van der Waals surface area contributed by atoms with Gasteiger partial charge in [-0.1, -0.05) is 140 Å². The lowest BCUT2D eigenvalue weighted by molar-refractivity contribution is 0.673. The highest BCUT2D eigenvalue weighted by Crippen LogP contribution is 2.41. The molecule has 0 saturated heterocycles. The van der Waals surface area contributed by atoms with Gasteiger partial charge < -0.3 is 4.42 Å². The van der Waals surface area contributed by atoms with E-state index in [0.717, 1.165) is 93.7 Å². The largest absolute Gasteiger partial charge is 0.455 e. The summed E-state index contributed by atoms with van der Waals surface area (Å²) < 4.78 is 6.54. The van der Waals surface area contributed by atoms with Gasteiger partial charge in [0.1, 0.15) is 11.2 Å². The Morgan fingerprint density at radius 1 is 0.340 bits per heavy atom. The van der Waals surface area contributed by atoms with Crippen molar-refractivity contribution in [3.8, 4) is 45.0 Å². The molecule has 0 aliphatic rings. The number of benzene rings is 8. The number of aromatic nitrogens is 3. The Balaban J connectivity index is 1.01. The molecule has 8 aromatic carbocycles. The van der Waals surface area contributed by atoms with Crippen LogP contribution in [0.25, 0.3) is 110 Å². The highest BCUT2D eigenvalue weighted by atomic mass is 16.3. The van der Waals surface area contributed by atoms with Crippen molar-refractivity contribution in [3.63, 3.8) is 0 Å². The molecule has 0 radical (unpaired) electrons. The van der Waals surface area contributed by atoms with Gasteiger partial charge in [0.05, 0.1) is 22.4 Å². The first kappa shape index (κ1) is 29.5. The fourth-order valence-corrected chi connectivity index (χ4v) is 7.86. The third-order valence-electron chi connectivity index (χ3n) is 10.4. The van der Waals surface area contributed by atoms with Gasteiger partial charge in [-0.05, 0) is 58.3 Å². The van der Waals surface area contributed by atoms with Gasteiger partial charge in [0.2, 0.25) is 0 Å². The SMILES string of the molecule is c1cc(-c2ccc(-c3nc(-c4ccc5ccccc5c4)c4ccccc4n3)cc2)cc(-c2nc3ccccc3c3c2ccc2c4ccccc4oc23)c1. The Bertz CT molecular complexity index is 3230. The van der Waals surface area contributed by atoms with Crippen LogP contribution >= 0.6 is 0 Å². The normalized spacial score (nSPS) is 11.8. The van der Waals surface area contributed by atoms with E-state index < -0.39 is 0 Å². The minimum Gasteiger partial charge on any atom is -0.455 e. The van der Waals surface area contributed by atoms with Crippen molar-refractivity contribution >= 4 is 65.3 Å². The number of furan rings is 1. The third kappa shape index (κ3) is 4.80. The zero-order valence-electron chi connectivity index (χ0n) is 28.5. The highest BCUT2D eigenvalue weighted by Gasteiger charge is 2.18. The lowest BCUT2D eigenvalue weighted by atomic mass is 9.95. The maximum Gasteiger partial charge on any atom is 0.160 e. The van der Waals surface area contributed by atoms with E-state index in [4.69, 9.17) is 19.4 Å². The van der Waals surface area contributed by atoms with Crippen LogP contribution in [0.2, 0.25) is 0 Å². The molecule has 0 fully saturated rings. The highest BCUT2D eigenvalue weighted by molar-refractivity contribution is 6.24.